The van der Waals surface area contributed by atoms with Crippen LogP contribution in [0.4, 0.5) is 0 Å². The lowest BCUT2D eigenvalue weighted by molar-refractivity contribution is 0.202. The molecule has 0 heterocycles. The number of rotatable bonds is 8. The molecular formula is C14H31N3. The SMILES string of the molecule is CCCNC1CCCC1N(C)CCCN(C)C. The van der Waals surface area contributed by atoms with Crippen molar-refractivity contribution < 1.29 is 0 Å². The summed E-state index contributed by atoms with van der Waals surface area (Å²) >= 11 is 0. The molecule has 3 nitrogen and oxygen atoms in total. The molecular weight excluding hydrogens is 210 g/mol. The van der Waals surface area contributed by atoms with Gasteiger partial charge in [0.2, 0.25) is 0 Å². The fourth-order valence-corrected chi connectivity index (χ4v) is 2.84. The fraction of sp³-hybridized carbons (Fsp3) is 1.00. The lowest BCUT2D eigenvalue weighted by atomic mass is 10.1. The number of nitrogens with zero attached hydrogens (tertiary/aromatic N) is 2. The monoisotopic (exact) mass is 241 g/mol. The van der Waals surface area contributed by atoms with E-state index in [1.807, 2.05) is 0 Å². The Morgan fingerprint density at radius 2 is 1.88 bits per heavy atom. The third kappa shape index (κ3) is 5.36. The lowest BCUT2D eigenvalue weighted by Gasteiger charge is -2.30. The average Bonchev–Trinajstić information content (AvgIpc) is 2.73. The maximum Gasteiger partial charge on any atom is 0.0246 e. The number of hydrogen-bond donors (Lipinski definition) is 1. The lowest BCUT2D eigenvalue weighted by Crippen LogP contribution is -2.46. The molecule has 0 spiro atoms. The first-order valence-corrected chi connectivity index (χ1v) is 7.23. The summed E-state index contributed by atoms with van der Waals surface area (Å²) < 4.78 is 0. The summed E-state index contributed by atoms with van der Waals surface area (Å²) in [5.74, 6) is 0. The maximum absolute atomic E-state index is 3.71. The zero-order valence-corrected chi connectivity index (χ0v) is 12.2. The van der Waals surface area contributed by atoms with Gasteiger partial charge < -0.3 is 15.1 Å². The molecule has 17 heavy (non-hydrogen) atoms. The number of hydrogen-bond acceptors (Lipinski definition) is 3. The second-order valence-electron chi connectivity index (χ2n) is 5.70. The van der Waals surface area contributed by atoms with E-state index in [0.717, 1.165) is 12.1 Å². The Bertz CT molecular complexity index is 194. The topological polar surface area (TPSA) is 18.5 Å². The van der Waals surface area contributed by atoms with Crippen LogP contribution in [0.2, 0.25) is 0 Å². The highest BCUT2D eigenvalue weighted by molar-refractivity contribution is 4.89. The molecule has 3 heteroatoms. The van der Waals surface area contributed by atoms with Crippen LogP contribution in [0.5, 0.6) is 0 Å². The smallest absolute Gasteiger partial charge is 0.0246 e. The van der Waals surface area contributed by atoms with Crippen molar-refractivity contribution in [3.8, 4) is 0 Å². The Hall–Kier alpha value is -0.120. The molecule has 0 aromatic heterocycles. The van der Waals surface area contributed by atoms with Crippen LogP contribution >= 0.6 is 0 Å². The fourth-order valence-electron chi connectivity index (χ4n) is 2.84. The van der Waals surface area contributed by atoms with Crippen LogP contribution in [0.15, 0.2) is 0 Å². The molecule has 0 bridgehead atoms. The van der Waals surface area contributed by atoms with Crippen LogP contribution in [0.3, 0.4) is 0 Å². The van der Waals surface area contributed by atoms with E-state index in [0.29, 0.717) is 0 Å². The quantitative estimate of drug-likeness (QED) is 0.699. The van der Waals surface area contributed by atoms with E-state index in [2.05, 4.69) is 43.2 Å². The number of likely N-dealkylation sites (N-methyl/N-ethyl adjacent to an activating group) is 1. The molecule has 1 fully saturated rings. The zero-order chi connectivity index (χ0) is 12.7. The average molecular weight is 241 g/mol. The van der Waals surface area contributed by atoms with Crippen molar-refractivity contribution in [2.75, 3.05) is 40.8 Å². The van der Waals surface area contributed by atoms with E-state index >= 15 is 0 Å². The van der Waals surface area contributed by atoms with Crippen molar-refractivity contribution in [2.45, 2.75) is 51.1 Å². The van der Waals surface area contributed by atoms with Crippen molar-refractivity contribution in [1.82, 2.24) is 15.1 Å². The van der Waals surface area contributed by atoms with Crippen molar-refractivity contribution in [2.24, 2.45) is 0 Å². The highest BCUT2D eigenvalue weighted by Gasteiger charge is 2.29. The Balaban J connectivity index is 2.26. The molecule has 102 valence electrons. The Morgan fingerprint density at radius 3 is 2.53 bits per heavy atom. The molecule has 0 aromatic rings. The largest absolute Gasteiger partial charge is 0.312 e. The maximum atomic E-state index is 3.71. The Kier molecular flexibility index (Phi) is 7.09. The summed E-state index contributed by atoms with van der Waals surface area (Å²) in [7, 11) is 6.61. The summed E-state index contributed by atoms with van der Waals surface area (Å²) in [6.07, 6.45) is 6.65. The predicted octanol–water partition coefficient (Wildman–Crippen LogP) is 1.79. The van der Waals surface area contributed by atoms with Gasteiger partial charge in [0.1, 0.15) is 0 Å². The first-order chi connectivity index (χ1) is 8.15. The summed E-state index contributed by atoms with van der Waals surface area (Å²) in [5.41, 5.74) is 0. The van der Waals surface area contributed by atoms with Gasteiger partial charge in [0.25, 0.3) is 0 Å². The van der Waals surface area contributed by atoms with E-state index in [-0.39, 0.29) is 0 Å². The van der Waals surface area contributed by atoms with Crippen molar-refractivity contribution in [1.29, 1.82) is 0 Å². The normalized spacial score (nSPS) is 25.1. The van der Waals surface area contributed by atoms with E-state index in [4.69, 9.17) is 0 Å². The third-order valence-electron chi connectivity index (χ3n) is 3.82. The van der Waals surface area contributed by atoms with Gasteiger partial charge in [0.15, 0.2) is 0 Å². The molecule has 0 aromatic carbocycles. The summed E-state index contributed by atoms with van der Waals surface area (Å²) in [6, 6.07) is 1.50. The molecule has 1 aliphatic carbocycles. The molecule has 1 N–H and O–H groups in total. The van der Waals surface area contributed by atoms with Crippen LogP contribution in [0.1, 0.15) is 39.0 Å². The van der Waals surface area contributed by atoms with Gasteiger partial charge >= 0.3 is 0 Å². The summed E-state index contributed by atoms with van der Waals surface area (Å²) in [4.78, 5) is 4.85. The standard InChI is InChI=1S/C14H31N3/c1-5-10-15-13-8-6-9-14(13)17(4)12-7-11-16(2)3/h13-15H,5-12H2,1-4H3. The van der Waals surface area contributed by atoms with E-state index in [9.17, 15) is 0 Å². The third-order valence-corrected chi connectivity index (χ3v) is 3.82. The van der Waals surface area contributed by atoms with Crippen LogP contribution < -0.4 is 5.32 Å². The minimum Gasteiger partial charge on any atom is -0.312 e. The van der Waals surface area contributed by atoms with Gasteiger partial charge in [-0.05, 0) is 66.5 Å². The van der Waals surface area contributed by atoms with Crippen LogP contribution in [-0.4, -0.2) is 62.7 Å². The number of nitrogens with one attached hydrogen (secondary N) is 1. The molecule has 2 atom stereocenters. The first kappa shape index (κ1) is 14.9. The van der Waals surface area contributed by atoms with Crippen molar-refractivity contribution in [3.63, 3.8) is 0 Å². The summed E-state index contributed by atoms with van der Waals surface area (Å²) in [6.45, 7) is 5.85. The van der Waals surface area contributed by atoms with Gasteiger partial charge in [-0.2, -0.15) is 0 Å². The van der Waals surface area contributed by atoms with Crippen molar-refractivity contribution >= 4 is 0 Å². The Labute approximate surface area is 108 Å². The van der Waals surface area contributed by atoms with E-state index in [1.54, 1.807) is 0 Å². The van der Waals surface area contributed by atoms with Gasteiger partial charge in [-0.1, -0.05) is 13.3 Å². The van der Waals surface area contributed by atoms with Crippen LogP contribution in [-0.2, 0) is 0 Å². The predicted molar refractivity (Wildman–Crippen MR) is 75.5 cm³/mol. The van der Waals surface area contributed by atoms with Crippen molar-refractivity contribution in [3.05, 3.63) is 0 Å². The van der Waals surface area contributed by atoms with Gasteiger partial charge in [-0.3, -0.25) is 0 Å². The minimum atomic E-state index is 0.735. The first-order valence-electron chi connectivity index (χ1n) is 7.23. The molecule has 0 saturated heterocycles. The van der Waals surface area contributed by atoms with Gasteiger partial charge in [0, 0.05) is 12.1 Å². The van der Waals surface area contributed by atoms with Crippen LogP contribution in [0.25, 0.3) is 0 Å². The molecule has 0 amide bonds. The van der Waals surface area contributed by atoms with E-state index < -0.39 is 0 Å². The molecule has 2 unspecified atom stereocenters. The van der Waals surface area contributed by atoms with E-state index in [1.165, 1.54) is 51.7 Å². The second kappa shape index (κ2) is 8.06. The molecule has 1 rings (SSSR count). The molecule has 1 saturated carbocycles. The highest BCUT2D eigenvalue weighted by atomic mass is 15.2. The summed E-state index contributed by atoms with van der Waals surface area (Å²) in [5, 5.41) is 3.71. The van der Waals surface area contributed by atoms with Gasteiger partial charge in [0.05, 0.1) is 0 Å². The van der Waals surface area contributed by atoms with Gasteiger partial charge in [-0.15, -0.1) is 0 Å². The molecule has 0 radical (unpaired) electrons. The van der Waals surface area contributed by atoms with Crippen LogP contribution in [0, 0.1) is 0 Å². The second-order valence-corrected chi connectivity index (χ2v) is 5.70. The zero-order valence-electron chi connectivity index (χ0n) is 12.2. The molecule has 0 aliphatic heterocycles. The minimum absolute atomic E-state index is 0.735. The van der Waals surface area contributed by atoms with Gasteiger partial charge in [-0.25, -0.2) is 0 Å². The highest BCUT2D eigenvalue weighted by Crippen LogP contribution is 2.23. The molecule has 1 aliphatic rings. The Morgan fingerprint density at radius 1 is 1.12 bits per heavy atom.